The molecule has 1 fully saturated rings. The number of amides is 1. The normalized spacial score (nSPS) is 12.9. The van der Waals surface area contributed by atoms with Crippen molar-refractivity contribution in [3.05, 3.63) is 70.9 Å². The molecule has 0 radical (unpaired) electrons. The standard InChI is InChI=1S/C23H20N6O/c1-17-2-4-18(5-3-17)23(30)29-12-10-28(11-13-29)21-8-6-20(7-9-21)27-22(16-26)19(14-24)15-25/h2-9,27H,10-13H2,1H3. The Balaban J connectivity index is 1.61. The molecule has 1 aliphatic rings. The van der Waals surface area contributed by atoms with Crippen LogP contribution >= 0.6 is 0 Å². The Morgan fingerprint density at radius 3 is 2.00 bits per heavy atom. The van der Waals surface area contributed by atoms with E-state index in [1.807, 2.05) is 54.3 Å². The summed E-state index contributed by atoms with van der Waals surface area (Å²) in [5.74, 6) is 0.0517. The SMILES string of the molecule is Cc1ccc(C(=O)N2CCN(c3ccc(NC(C#N)=C(C#N)C#N)cc3)CC2)cc1. The van der Waals surface area contributed by atoms with Crippen LogP contribution in [0.5, 0.6) is 0 Å². The summed E-state index contributed by atoms with van der Waals surface area (Å²) in [4.78, 5) is 16.7. The first-order valence-electron chi connectivity index (χ1n) is 9.48. The van der Waals surface area contributed by atoms with Gasteiger partial charge in [-0.2, -0.15) is 15.8 Å². The minimum atomic E-state index is -0.254. The summed E-state index contributed by atoms with van der Waals surface area (Å²) in [6, 6.07) is 20.3. The smallest absolute Gasteiger partial charge is 0.253 e. The summed E-state index contributed by atoms with van der Waals surface area (Å²) in [5, 5.41) is 29.8. The van der Waals surface area contributed by atoms with Gasteiger partial charge in [0.25, 0.3) is 5.91 Å². The van der Waals surface area contributed by atoms with E-state index in [9.17, 15) is 4.79 Å². The minimum Gasteiger partial charge on any atom is -0.368 e. The summed E-state index contributed by atoms with van der Waals surface area (Å²) < 4.78 is 0. The molecule has 0 atom stereocenters. The summed E-state index contributed by atoms with van der Waals surface area (Å²) >= 11 is 0. The number of nitrogens with one attached hydrogen (secondary N) is 1. The van der Waals surface area contributed by atoms with Gasteiger partial charge in [-0.25, -0.2) is 0 Å². The molecule has 30 heavy (non-hydrogen) atoms. The number of anilines is 2. The Kier molecular flexibility index (Phi) is 6.33. The molecule has 0 saturated carbocycles. The van der Waals surface area contributed by atoms with E-state index in [4.69, 9.17) is 15.8 Å². The summed E-state index contributed by atoms with van der Waals surface area (Å²) in [6.45, 7) is 4.72. The monoisotopic (exact) mass is 396 g/mol. The number of hydrogen-bond donors (Lipinski definition) is 1. The third-order valence-corrected chi connectivity index (χ3v) is 4.95. The lowest BCUT2D eigenvalue weighted by Crippen LogP contribution is -2.48. The number of hydrogen-bond acceptors (Lipinski definition) is 6. The van der Waals surface area contributed by atoms with E-state index < -0.39 is 0 Å². The first-order valence-corrected chi connectivity index (χ1v) is 9.48. The van der Waals surface area contributed by atoms with Gasteiger partial charge >= 0.3 is 0 Å². The van der Waals surface area contributed by atoms with E-state index in [1.54, 1.807) is 24.3 Å². The van der Waals surface area contributed by atoms with Crippen molar-refractivity contribution in [2.24, 2.45) is 0 Å². The molecule has 0 unspecified atom stereocenters. The van der Waals surface area contributed by atoms with Crippen LogP contribution in [0.1, 0.15) is 15.9 Å². The van der Waals surface area contributed by atoms with Crippen LogP contribution in [-0.2, 0) is 0 Å². The molecule has 3 rings (SSSR count). The summed E-state index contributed by atoms with van der Waals surface area (Å²) in [5.41, 5.74) is 3.13. The van der Waals surface area contributed by atoms with E-state index in [0.29, 0.717) is 24.3 Å². The molecule has 148 valence electrons. The van der Waals surface area contributed by atoms with E-state index in [2.05, 4.69) is 10.2 Å². The fourth-order valence-corrected chi connectivity index (χ4v) is 3.23. The number of nitrogens with zero attached hydrogens (tertiary/aromatic N) is 5. The van der Waals surface area contributed by atoms with Crippen LogP contribution in [0.4, 0.5) is 11.4 Å². The van der Waals surface area contributed by atoms with Gasteiger partial charge in [0.1, 0.15) is 23.9 Å². The van der Waals surface area contributed by atoms with Crippen LogP contribution in [-0.4, -0.2) is 37.0 Å². The van der Waals surface area contributed by atoms with E-state index in [0.717, 1.165) is 24.3 Å². The van der Waals surface area contributed by atoms with Crippen molar-refractivity contribution in [2.45, 2.75) is 6.92 Å². The fourth-order valence-electron chi connectivity index (χ4n) is 3.23. The minimum absolute atomic E-state index is 0.0517. The third kappa shape index (κ3) is 4.58. The Bertz CT molecular complexity index is 1060. The van der Waals surface area contributed by atoms with Crippen LogP contribution in [0.2, 0.25) is 0 Å². The quantitative estimate of drug-likeness (QED) is 0.796. The highest BCUT2D eigenvalue weighted by molar-refractivity contribution is 5.94. The number of nitriles is 3. The second kappa shape index (κ2) is 9.28. The van der Waals surface area contributed by atoms with Crippen molar-refractivity contribution in [1.29, 1.82) is 15.8 Å². The van der Waals surface area contributed by atoms with E-state index in [1.165, 1.54) is 0 Å². The maximum atomic E-state index is 12.7. The third-order valence-electron chi connectivity index (χ3n) is 4.95. The van der Waals surface area contributed by atoms with Gasteiger partial charge in [0.15, 0.2) is 5.57 Å². The van der Waals surface area contributed by atoms with Crippen LogP contribution in [0.25, 0.3) is 0 Å². The highest BCUT2D eigenvalue weighted by Crippen LogP contribution is 2.21. The molecule has 0 aromatic heterocycles. The van der Waals surface area contributed by atoms with Crippen molar-refractivity contribution in [1.82, 2.24) is 4.90 Å². The van der Waals surface area contributed by atoms with Crippen molar-refractivity contribution >= 4 is 17.3 Å². The number of benzene rings is 2. The zero-order valence-corrected chi connectivity index (χ0v) is 16.6. The molecule has 0 bridgehead atoms. The number of piperazine rings is 1. The molecule has 1 heterocycles. The van der Waals surface area contributed by atoms with E-state index >= 15 is 0 Å². The van der Waals surface area contributed by atoms with Gasteiger partial charge < -0.3 is 15.1 Å². The molecule has 0 spiro atoms. The lowest BCUT2D eigenvalue weighted by molar-refractivity contribution is 0.0747. The number of allylic oxidation sites excluding steroid dienone is 2. The number of carbonyl (C=O) groups excluding carboxylic acids is 1. The molecule has 0 aliphatic carbocycles. The molecule has 7 heteroatoms. The van der Waals surface area contributed by atoms with Gasteiger partial charge in [-0.1, -0.05) is 17.7 Å². The molecule has 1 N–H and O–H groups in total. The fraction of sp³-hybridized carbons (Fsp3) is 0.217. The maximum absolute atomic E-state index is 12.7. The number of rotatable bonds is 4. The Hall–Kier alpha value is -4.28. The van der Waals surface area contributed by atoms with Crippen molar-refractivity contribution in [3.63, 3.8) is 0 Å². The summed E-state index contributed by atoms with van der Waals surface area (Å²) in [6.07, 6.45) is 0. The molecule has 1 amide bonds. The van der Waals surface area contributed by atoms with Gasteiger partial charge in [0.05, 0.1) is 0 Å². The van der Waals surface area contributed by atoms with Crippen LogP contribution < -0.4 is 10.2 Å². The number of aryl methyl sites for hydroxylation is 1. The number of carbonyl (C=O) groups is 1. The first kappa shape index (κ1) is 20.5. The Morgan fingerprint density at radius 1 is 0.867 bits per heavy atom. The first-order chi connectivity index (χ1) is 14.5. The Labute approximate surface area is 175 Å². The predicted octanol–water partition coefficient (Wildman–Crippen LogP) is 3.19. The zero-order valence-electron chi connectivity index (χ0n) is 16.6. The average Bonchev–Trinajstić information content (AvgIpc) is 2.80. The lowest BCUT2D eigenvalue weighted by Gasteiger charge is -2.36. The highest BCUT2D eigenvalue weighted by atomic mass is 16.2. The van der Waals surface area contributed by atoms with Crippen LogP contribution in [0.15, 0.2) is 59.8 Å². The van der Waals surface area contributed by atoms with Crippen molar-refractivity contribution in [2.75, 3.05) is 36.4 Å². The molecular formula is C23H20N6O. The molecule has 1 saturated heterocycles. The lowest BCUT2D eigenvalue weighted by atomic mass is 10.1. The molecular weight excluding hydrogens is 376 g/mol. The van der Waals surface area contributed by atoms with Crippen LogP contribution in [0.3, 0.4) is 0 Å². The maximum Gasteiger partial charge on any atom is 0.253 e. The van der Waals surface area contributed by atoms with E-state index in [-0.39, 0.29) is 17.2 Å². The zero-order chi connectivity index (χ0) is 21.5. The highest BCUT2D eigenvalue weighted by Gasteiger charge is 2.22. The average molecular weight is 396 g/mol. The largest absolute Gasteiger partial charge is 0.368 e. The summed E-state index contributed by atoms with van der Waals surface area (Å²) in [7, 11) is 0. The van der Waals surface area contributed by atoms with Gasteiger partial charge in [-0.3, -0.25) is 4.79 Å². The molecule has 1 aliphatic heterocycles. The van der Waals surface area contributed by atoms with Gasteiger partial charge in [0, 0.05) is 43.1 Å². The Morgan fingerprint density at radius 2 is 1.47 bits per heavy atom. The van der Waals surface area contributed by atoms with Crippen molar-refractivity contribution in [3.8, 4) is 18.2 Å². The molecule has 2 aromatic carbocycles. The second-order valence-electron chi connectivity index (χ2n) is 6.90. The molecule has 2 aromatic rings. The van der Waals surface area contributed by atoms with Crippen LogP contribution in [0, 0.1) is 40.9 Å². The molecule has 7 nitrogen and oxygen atoms in total. The van der Waals surface area contributed by atoms with Gasteiger partial charge in [0.2, 0.25) is 0 Å². The predicted molar refractivity (Wildman–Crippen MR) is 113 cm³/mol. The topological polar surface area (TPSA) is 107 Å². The van der Waals surface area contributed by atoms with Crippen molar-refractivity contribution < 1.29 is 4.79 Å². The second-order valence-corrected chi connectivity index (χ2v) is 6.90. The van der Waals surface area contributed by atoms with Gasteiger partial charge in [-0.15, -0.1) is 0 Å². The van der Waals surface area contributed by atoms with Gasteiger partial charge in [-0.05, 0) is 43.3 Å².